The van der Waals surface area contributed by atoms with Crippen LogP contribution in [-0.2, 0) is 4.74 Å². The van der Waals surface area contributed by atoms with Crippen LogP contribution in [0.1, 0.15) is 20.0 Å². The number of benzene rings is 2. The number of ether oxygens (including phenoxy) is 1. The topological polar surface area (TPSA) is 67.4 Å². The van der Waals surface area contributed by atoms with Crippen molar-refractivity contribution in [3.8, 4) is 10.4 Å². The van der Waals surface area contributed by atoms with Gasteiger partial charge in [0, 0.05) is 29.8 Å². The fraction of sp³-hybridized carbons (Fsp3) is 0.143. The van der Waals surface area contributed by atoms with Crippen LogP contribution in [0.15, 0.2) is 54.6 Å². The van der Waals surface area contributed by atoms with Crippen LogP contribution in [0, 0.1) is 5.82 Å². The number of thiophene rings is 1. The van der Waals surface area contributed by atoms with E-state index in [0.717, 1.165) is 0 Å². The van der Waals surface area contributed by atoms with E-state index in [1.54, 1.807) is 49.6 Å². The van der Waals surface area contributed by atoms with Crippen molar-refractivity contribution in [3.63, 3.8) is 0 Å². The summed E-state index contributed by atoms with van der Waals surface area (Å²) in [5.74, 6) is -1.00. The zero-order valence-corrected chi connectivity index (χ0v) is 17.1. The number of methoxy groups -OCH3 is 1. The van der Waals surface area contributed by atoms with Gasteiger partial charge in [-0.25, -0.2) is 4.39 Å². The van der Waals surface area contributed by atoms with E-state index >= 15 is 0 Å². The molecule has 2 amide bonds. The van der Waals surface area contributed by atoms with E-state index in [2.05, 4.69) is 10.6 Å². The molecule has 0 saturated heterocycles. The van der Waals surface area contributed by atoms with Gasteiger partial charge in [-0.05, 0) is 36.4 Å². The summed E-state index contributed by atoms with van der Waals surface area (Å²) in [6.45, 7) is 0.764. The molecular formula is C21H18ClFN2O3S. The molecule has 1 heterocycles. The van der Waals surface area contributed by atoms with E-state index in [0.29, 0.717) is 39.7 Å². The summed E-state index contributed by atoms with van der Waals surface area (Å²) in [7, 11) is 1.55. The van der Waals surface area contributed by atoms with Gasteiger partial charge in [-0.15, -0.1) is 11.3 Å². The van der Waals surface area contributed by atoms with Gasteiger partial charge in [0.15, 0.2) is 0 Å². The molecule has 2 N–H and O–H groups in total. The molecular weight excluding hydrogens is 415 g/mol. The van der Waals surface area contributed by atoms with Gasteiger partial charge in [-0.2, -0.15) is 0 Å². The Balaban J connectivity index is 1.69. The average molecular weight is 433 g/mol. The van der Waals surface area contributed by atoms with E-state index < -0.39 is 0 Å². The molecule has 0 bridgehead atoms. The second-order valence-corrected chi connectivity index (χ2v) is 7.53. The van der Waals surface area contributed by atoms with Crippen molar-refractivity contribution < 1.29 is 18.7 Å². The lowest BCUT2D eigenvalue weighted by Crippen LogP contribution is -2.27. The van der Waals surface area contributed by atoms with E-state index in [4.69, 9.17) is 16.3 Å². The fourth-order valence-corrected chi connectivity index (χ4v) is 3.79. The Morgan fingerprint density at radius 1 is 1.10 bits per heavy atom. The molecule has 3 aromatic rings. The zero-order valence-electron chi connectivity index (χ0n) is 15.5. The molecule has 150 valence electrons. The number of hydrogen-bond acceptors (Lipinski definition) is 4. The number of anilines is 1. The van der Waals surface area contributed by atoms with Crippen LogP contribution in [0.3, 0.4) is 0 Å². The van der Waals surface area contributed by atoms with Gasteiger partial charge in [0.25, 0.3) is 11.8 Å². The molecule has 0 aliphatic heterocycles. The molecule has 2 aromatic carbocycles. The Bertz CT molecular complexity index is 1040. The molecule has 0 radical (unpaired) electrons. The van der Waals surface area contributed by atoms with Crippen LogP contribution in [0.2, 0.25) is 5.02 Å². The van der Waals surface area contributed by atoms with Crippen LogP contribution in [0.25, 0.3) is 10.4 Å². The third-order valence-electron chi connectivity index (χ3n) is 4.03. The minimum atomic E-state index is -0.342. The van der Waals surface area contributed by atoms with Crippen molar-refractivity contribution in [1.29, 1.82) is 0 Å². The molecule has 0 saturated carbocycles. The Morgan fingerprint density at radius 3 is 2.62 bits per heavy atom. The summed E-state index contributed by atoms with van der Waals surface area (Å²) in [6.07, 6.45) is 0. The highest BCUT2D eigenvalue weighted by Gasteiger charge is 2.15. The standard InChI is InChI=1S/C21H18ClFN2O3S/c1-28-11-10-24-20(26)14-7-6-13(12-16(14)22)25-21(27)19-9-8-18(29-19)15-4-2-3-5-17(15)23/h2-9,12H,10-11H2,1H3,(H,24,26)(H,25,27). The average Bonchev–Trinajstić information content (AvgIpc) is 3.18. The number of hydrogen-bond donors (Lipinski definition) is 2. The second kappa shape index (κ2) is 9.65. The molecule has 29 heavy (non-hydrogen) atoms. The van der Waals surface area contributed by atoms with Gasteiger partial charge in [0.1, 0.15) is 5.82 Å². The SMILES string of the molecule is COCCNC(=O)c1ccc(NC(=O)c2ccc(-c3ccccc3F)s2)cc1Cl. The smallest absolute Gasteiger partial charge is 0.265 e. The van der Waals surface area contributed by atoms with Gasteiger partial charge in [-0.1, -0.05) is 29.8 Å². The maximum Gasteiger partial charge on any atom is 0.265 e. The highest BCUT2D eigenvalue weighted by atomic mass is 35.5. The predicted octanol–water partition coefficient (Wildman–Crippen LogP) is 4.84. The van der Waals surface area contributed by atoms with Crippen LogP contribution >= 0.6 is 22.9 Å². The van der Waals surface area contributed by atoms with Crippen LogP contribution in [0.4, 0.5) is 10.1 Å². The Hall–Kier alpha value is -2.74. The van der Waals surface area contributed by atoms with Crippen LogP contribution in [0.5, 0.6) is 0 Å². The van der Waals surface area contributed by atoms with Crippen LogP contribution in [-0.4, -0.2) is 32.1 Å². The molecule has 0 unspecified atom stereocenters. The van der Waals surface area contributed by atoms with E-state index in [-0.39, 0.29) is 22.7 Å². The maximum atomic E-state index is 13.9. The number of nitrogens with one attached hydrogen (secondary N) is 2. The second-order valence-electron chi connectivity index (χ2n) is 6.04. The van der Waals surface area contributed by atoms with E-state index in [1.165, 1.54) is 23.5 Å². The van der Waals surface area contributed by atoms with Gasteiger partial charge in [0.2, 0.25) is 0 Å². The molecule has 3 rings (SSSR count). The van der Waals surface area contributed by atoms with Gasteiger partial charge >= 0.3 is 0 Å². The lowest BCUT2D eigenvalue weighted by Gasteiger charge is -2.09. The molecule has 0 atom stereocenters. The lowest BCUT2D eigenvalue weighted by atomic mass is 10.2. The van der Waals surface area contributed by atoms with Crippen molar-refractivity contribution in [3.05, 3.63) is 75.9 Å². The van der Waals surface area contributed by atoms with Crippen molar-refractivity contribution in [2.24, 2.45) is 0 Å². The third-order valence-corrected chi connectivity index (χ3v) is 5.46. The largest absolute Gasteiger partial charge is 0.383 e. The number of halogens is 2. The molecule has 0 spiro atoms. The first-order valence-corrected chi connectivity index (χ1v) is 9.92. The van der Waals surface area contributed by atoms with Gasteiger partial charge < -0.3 is 15.4 Å². The maximum absolute atomic E-state index is 13.9. The number of carbonyl (C=O) groups is 2. The minimum Gasteiger partial charge on any atom is -0.383 e. The van der Waals surface area contributed by atoms with Crippen molar-refractivity contribution in [1.82, 2.24) is 5.32 Å². The highest BCUT2D eigenvalue weighted by molar-refractivity contribution is 7.17. The molecule has 0 fully saturated rings. The van der Waals surface area contributed by atoms with E-state index in [9.17, 15) is 14.0 Å². The molecule has 8 heteroatoms. The fourth-order valence-electron chi connectivity index (χ4n) is 2.60. The first kappa shape index (κ1) is 21.0. The molecule has 1 aromatic heterocycles. The first-order valence-electron chi connectivity index (χ1n) is 8.72. The normalized spacial score (nSPS) is 10.6. The Labute approximate surface area is 176 Å². The summed E-state index contributed by atoms with van der Waals surface area (Å²) < 4.78 is 18.8. The summed E-state index contributed by atoms with van der Waals surface area (Å²) in [5.41, 5.74) is 1.21. The summed E-state index contributed by atoms with van der Waals surface area (Å²) in [5, 5.41) is 5.64. The van der Waals surface area contributed by atoms with Gasteiger partial charge in [0.05, 0.1) is 22.1 Å². The van der Waals surface area contributed by atoms with Crippen LogP contribution < -0.4 is 10.6 Å². The zero-order chi connectivity index (χ0) is 20.8. The summed E-state index contributed by atoms with van der Waals surface area (Å²) >= 11 is 7.38. The summed E-state index contributed by atoms with van der Waals surface area (Å²) in [6, 6.07) is 14.4. The number of rotatable bonds is 7. The summed E-state index contributed by atoms with van der Waals surface area (Å²) in [4.78, 5) is 25.7. The predicted molar refractivity (Wildman–Crippen MR) is 113 cm³/mol. The lowest BCUT2D eigenvalue weighted by molar-refractivity contribution is 0.0937. The quantitative estimate of drug-likeness (QED) is 0.525. The number of amides is 2. The Kier molecular flexibility index (Phi) is 6.98. The Morgan fingerprint density at radius 2 is 1.90 bits per heavy atom. The third kappa shape index (κ3) is 5.20. The first-order chi connectivity index (χ1) is 14.0. The molecule has 5 nitrogen and oxygen atoms in total. The number of carbonyl (C=O) groups excluding carboxylic acids is 2. The molecule has 0 aliphatic carbocycles. The van der Waals surface area contributed by atoms with Gasteiger partial charge in [-0.3, -0.25) is 9.59 Å². The van der Waals surface area contributed by atoms with E-state index in [1.807, 2.05) is 0 Å². The van der Waals surface area contributed by atoms with Crippen molar-refractivity contribution in [2.45, 2.75) is 0 Å². The molecule has 0 aliphatic rings. The monoisotopic (exact) mass is 432 g/mol. The minimum absolute atomic E-state index is 0.218. The van der Waals surface area contributed by atoms with Crippen molar-refractivity contribution in [2.75, 3.05) is 25.6 Å². The van der Waals surface area contributed by atoms with Crippen molar-refractivity contribution >= 4 is 40.4 Å². The highest BCUT2D eigenvalue weighted by Crippen LogP contribution is 2.30.